The maximum absolute atomic E-state index is 12.4. The van der Waals surface area contributed by atoms with E-state index in [0.717, 1.165) is 10.6 Å². The molecule has 0 fully saturated rings. The Morgan fingerprint density at radius 3 is 2.41 bits per heavy atom. The van der Waals surface area contributed by atoms with Crippen LogP contribution in [0.4, 0.5) is 5.69 Å². The zero-order valence-corrected chi connectivity index (χ0v) is 16.7. The van der Waals surface area contributed by atoms with Crippen LogP contribution < -0.4 is 14.5 Å². The summed E-state index contributed by atoms with van der Waals surface area (Å²) >= 11 is 6.02. The van der Waals surface area contributed by atoms with Gasteiger partial charge in [0.25, 0.3) is 5.91 Å². The first-order chi connectivity index (χ1) is 12.7. The highest BCUT2D eigenvalue weighted by Gasteiger charge is 2.29. The van der Waals surface area contributed by atoms with Gasteiger partial charge in [-0.3, -0.25) is 9.10 Å². The van der Waals surface area contributed by atoms with Crippen LogP contribution in [-0.4, -0.2) is 39.9 Å². The normalized spacial score (nSPS) is 12.6. The highest BCUT2D eigenvalue weighted by molar-refractivity contribution is 7.92. The number of anilines is 1. The fourth-order valence-corrected chi connectivity index (χ4v) is 3.74. The summed E-state index contributed by atoms with van der Waals surface area (Å²) in [6.45, 7) is 1.48. The number of hydrazone groups is 1. The summed E-state index contributed by atoms with van der Waals surface area (Å²) in [6, 6.07) is 12.3. The first kappa shape index (κ1) is 20.7. The lowest BCUT2D eigenvalue weighted by molar-refractivity contribution is -0.121. The molecule has 0 spiro atoms. The van der Waals surface area contributed by atoms with Crippen LogP contribution in [0.25, 0.3) is 0 Å². The van der Waals surface area contributed by atoms with Crippen LogP contribution in [-0.2, 0) is 14.8 Å². The van der Waals surface area contributed by atoms with Gasteiger partial charge in [-0.1, -0.05) is 29.8 Å². The predicted octanol–water partition coefficient (Wildman–Crippen LogP) is 2.65. The minimum Gasteiger partial charge on any atom is -0.497 e. The van der Waals surface area contributed by atoms with E-state index in [2.05, 4.69) is 10.5 Å². The lowest BCUT2D eigenvalue weighted by atomic mass is 10.2. The van der Waals surface area contributed by atoms with Crippen molar-refractivity contribution in [1.82, 2.24) is 5.43 Å². The molecule has 0 unspecified atom stereocenters. The van der Waals surface area contributed by atoms with E-state index < -0.39 is 22.0 Å². The SMILES string of the molecule is COc1ccc(N([C@H](C)C(=O)N/N=C\c2ccccc2Cl)S(C)(=O)=O)cc1. The molecule has 0 aliphatic heterocycles. The molecule has 0 saturated heterocycles. The van der Waals surface area contributed by atoms with Crippen LogP contribution in [0.3, 0.4) is 0 Å². The highest BCUT2D eigenvalue weighted by Crippen LogP contribution is 2.23. The third-order valence-corrected chi connectivity index (χ3v) is 5.28. The average Bonchev–Trinajstić information content (AvgIpc) is 2.62. The summed E-state index contributed by atoms with van der Waals surface area (Å²) in [4.78, 5) is 12.4. The maximum atomic E-state index is 12.4. The van der Waals surface area contributed by atoms with E-state index in [0.29, 0.717) is 22.0 Å². The third kappa shape index (κ3) is 5.45. The number of amides is 1. The number of nitrogens with zero attached hydrogens (tertiary/aromatic N) is 2. The van der Waals surface area contributed by atoms with Gasteiger partial charge in [-0.05, 0) is 37.3 Å². The molecule has 7 nitrogen and oxygen atoms in total. The van der Waals surface area contributed by atoms with Crippen molar-refractivity contribution in [2.45, 2.75) is 13.0 Å². The Labute approximate surface area is 163 Å². The quantitative estimate of drug-likeness (QED) is 0.562. The Bertz CT molecular complexity index is 930. The average molecular weight is 410 g/mol. The number of nitrogens with one attached hydrogen (secondary N) is 1. The second kappa shape index (κ2) is 8.88. The number of methoxy groups -OCH3 is 1. The molecule has 0 aromatic heterocycles. The number of halogens is 1. The number of benzene rings is 2. The number of ether oxygens (including phenoxy) is 1. The molecule has 0 bridgehead atoms. The Morgan fingerprint density at radius 2 is 1.85 bits per heavy atom. The third-order valence-electron chi connectivity index (χ3n) is 3.70. The molecule has 1 N–H and O–H groups in total. The zero-order valence-electron chi connectivity index (χ0n) is 15.1. The standard InChI is InChI=1S/C18H20ClN3O4S/c1-13(18(23)21-20-12-14-6-4-5-7-17(14)19)22(27(3,24)25)15-8-10-16(26-2)11-9-15/h4-13H,1-3H3,(H,21,23)/b20-12-/t13-/m1/s1. The van der Waals surface area contributed by atoms with Crippen molar-refractivity contribution in [2.75, 3.05) is 17.7 Å². The van der Waals surface area contributed by atoms with E-state index in [-0.39, 0.29) is 0 Å². The van der Waals surface area contributed by atoms with E-state index in [1.165, 1.54) is 20.2 Å². The van der Waals surface area contributed by atoms with Crippen molar-refractivity contribution in [3.05, 3.63) is 59.1 Å². The molecule has 27 heavy (non-hydrogen) atoms. The van der Waals surface area contributed by atoms with Crippen molar-refractivity contribution in [1.29, 1.82) is 0 Å². The first-order valence-electron chi connectivity index (χ1n) is 7.95. The number of hydrogen-bond acceptors (Lipinski definition) is 5. The Morgan fingerprint density at radius 1 is 1.22 bits per heavy atom. The summed E-state index contributed by atoms with van der Waals surface area (Å²) in [7, 11) is -2.20. The van der Waals surface area contributed by atoms with Crippen molar-refractivity contribution >= 4 is 39.4 Å². The molecule has 9 heteroatoms. The fraction of sp³-hybridized carbons (Fsp3) is 0.222. The van der Waals surface area contributed by atoms with Crippen LogP contribution in [0.2, 0.25) is 5.02 Å². The molecule has 0 radical (unpaired) electrons. The molecule has 1 atom stereocenters. The molecule has 144 valence electrons. The van der Waals surface area contributed by atoms with E-state index in [1.807, 2.05) is 0 Å². The lowest BCUT2D eigenvalue weighted by Gasteiger charge is -2.27. The summed E-state index contributed by atoms with van der Waals surface area (Å²) in [5, 5.41) is 4.34. The minimum atomic E-state index is -3.71. The molecule has 1 amide bonds. The zero-order chi connectivity index (χ0) is 20.0. The molecule has 0 aliphatic rings. The van der Waals surface area contributed by atoms with Gasteiger partial charge in [0.2, 0.25) is 10.0 Å². The maximum Gasteiger partial charge on any atom is 0.263 e. The van der Waals surface area contributed by atoms with E-state index in [1.54, 1.807) is 48.5 Å². The molecule has 0 saturated carbocycles. The number of carbonyl (C=O) groups is 1. The summed E-state index contributed by atoms with van der Waals surface area (Å²) < 4.78 is 30.6. The minimum absolute atomic E-state index is 0.344. The van der Waals surface area contributed by atoms with Crippen LogP contribution in [0.15, 0.2) is 53.6 Å². The van der Waals surface area contributed by atoms with E-state index in [9.17, 15) is 13.2 Å². The van der Waals surface area contributed by atoms with Crippen LogP contribution >= 0.6 is 11.6 Å². The van der Waals surface area contributed by atoms with Crippen molar-refractivity contribution in [2.24, 2.45) is 5.10 Å². The first-order valence-corrected chi connectivity index (χ1v) is 10.2. The smallest absolute Gasteiger partial charge is 0.263 e. The lowest BCUT2D eigenvalue weighted by Crippen LogP contribution is -2.46. The Kier molecular flexibility index (Phi) is 6.81. The largest absolute Gasteiger partial charge is 0.497 e. The molecule has 2 aromatic carbocycles. The van der Waals surface area contributed by atoms with Gasteiger partial charge in [0, 0.05) is 10.6 Å². The number of carbonyl (C=O) groups excluding carboxylic acids is 1. The van der Waals surface area contributed by atoms with Gasteiger partial charge in [-0.2, -0.15) is 5.10 Å². The van der Waals surface area contributed by atoms with Crippen molar-refractivity contribution in [3.63, 3.8) is 0 Å². The second-order valence-electron chi connectivity index (χ2n) is 5.69. The Hall–Kier alpha value is -2.58. The van der Waals surface area contributed by atoms with Gasteiger partial charge in [0.15, 0.2) is 0 Å². The van der Waals surface area contributed by atoms with Gasteiger partial charge in [-0.15, -0.1) is 0 Å². The summed E-state index contributed by atoms with van der Waals surface area (Å²) in [6.07, 6.45) is 2.43. The predicted molar refractivity (Wildman–Crippen MR) is 107 cm³/mol. The molecule has 2 aromatic rings. The van der Waals surface area contributed by atoms with E-state index >= 15 is 0 Å². The Balaban J connectivity index is 2.18. The monoisotopic (exact) mass is 409 g/mol. The van der Waals surface area contributed by atoms with Crippen molar-refractivity contribution < 1.29 is 17.9 Å². The van der Waals surface area contributed by atoms with Gasteiger partial charge in [0.1, 0.15) is 11.8 Å². The van der Waals surface area contributed by atoms with Crippen molar-refractivity contribution in [3.8, 4) is 5.75 Å². The van der Waals surface area contributed by atoms with Crippen LogP contribution in [0, 0.1) is 0 Å². The number of rotatable bonds is 7. The van der Waals surface area contributed by atoms with Gasteiger partial charge in [0.05, 0.1) is 25.3 Å². The van der Waals surface area contributed by atoms with Gasteiger partial charge in [-0.25, -0.2) is 13.8 Å². The fourth-order valence-electron chi connectivity index (χ4n) is 2.38. The molecule has 0 heterocycles. The van der Waals surface area contributed by atoms with Gasteiger partial charge >= 0.3 is 0 Å². The number of sulfonamides is 1. The van der Waals surface area contributed by atoms with Crippen LogP contribution in [0.1, 0.15) is 12.5 Å². The summed E-state index contributed by atoms with van der Waals surface area (Å²) in [5.74, 6) is -0.00630. The molecule has 0 aliphatic carbocycles. The molecule has 2 rings (SSSR count). The topological polar surface area (TPSA) is 88.1 Å². The highest BCUT2D eigenvalue weighted by atomic mass is 35.5. The van der Waals surface area contributed by atoms with Gasteiger partial charge < -0.3 is 4.74 Å². The molecular weight excluding hydrogens is 390 g/mol. The summed E-state index contributed by atoms with van der Waals surface area (Å²) in [5.41, 5.74) is 3.31. The van der Waals surface area contributed by atoms with E-state index in [4.69, 9.17) is 16.3 Å². The molecular formula is C18H20ClN3O4S. The van der Waals surface area contributed by atoms with Crippen LogP contribution in [0.5, 0.6) is 5.75 Å². The number of hydrogen-bond donors (Lipinski definition) is 1. The second-order valence-corrected chi connectivity index (χ2v) is 7.96.